The zero-order chi connectivity index (χ0) is 22.1. The summed E-state index contributed by atoms with van der Waals surface area (Å²) in [6, 6.07) is 7.02. The number of ketones is 1. The predicted octanol–water partition coefficient (Wildman–Crippen LogP) is 1.68. The minimum Gasteiger partial charge on any atom is -0.508 e. The summed E-state index contributed by atoms with van der Waals surface area (Å²) >= 11 is 0. The third kappa shape index (κ3) is 3.96. The van der Waals surface area contributed by atoms with E-state index >= 15 is 0 Å². The normalized spacial score (nSPS) is 19.1. The van der Waals surface area contributed by atoms with Crippen LogP contribution in [0.2, 0.25) is 0 Å². The molecule has 1 fully saturated rings. The molecule has 0 saturated carbocycles. The van der Waals surface area contributed by atoms with Crippen LogP contribution in [-0.2, 0) is 11.2 Å². The summed E-state index contributed by atoms with van der Waals surface area (Å²) < 4.78 is 5.36. The van der Waals surface area contributed by atoms with Crippen LogP contribution < -0.4 is 10.9 Å². The molecule has 1 aliphatic carbocycles. The first-order valence-electron chi connectivity index (χ1n) is 10.9. The van der Waals surface area contributed by atoms with E-state index in [0.717, 1.165) is 32.8 Å². The summed E-state index contributed by atoms with van der Waals surface area (Å²) in [5, 5.41) is 13.8. The first-order valence-corrected chi connectivity index (χ1v) is 10.9. The highest BCUT2D eigenvalue weighted by atomic mass is 16.5. The summed E-state index contributed by atoms with van der Waals surface area (Å²) in [6.45, 7) is 4.71. The summed E-state index contributed by atoms with van der Waals surface area (Å²) in [5.74, 6) is 0.238. The lowest BCUT2D eigenvalue weighted by Gasteiger charge is -2.26. The molecule has 5 rings (SSSR count). The average molecular weight is 435 g/mol. The molecule has 0 radical (unpaired) electrons. The molecule has 1 aliphatic heterocycles. The Hall–Kier alpha value is -3.30. The van der Waals surface area contributed by atoms with E-state index in [2.05, 4.69) is 25.2 Å². The van der Waals surface area contributed by atoms with Gasteiger partial charge in [0.25, 0.3) is 5.56 Å². The second-order valence-corrected chi connectivity index (χ2v) is 8.23. The Morgan fingerprint density at radius 3 is 2.81 bits per heavy atom. The van der Waals surface area contributed by atoms with Gasteiger partial charge >= 0.3 is 0 Å². The number of aromatic nitrogens is 3. The largest absolute Gasteiger partial charge is 0.508 e. The highest BCUT2D eigenvalue weighted by molar-refractivity contribution is 6.02. The van der Waals surface area contributed by atoms with Crippen LogP contribution in [0.3, 0.4) is 0 Å². The molecule has 1 unspecified atom stereocenters. The molecule has 32 heavy (non-hydrogen) atoms. The number of phenols is 1. The van der Waals surface area contributed by atoms with Crippen molar-refractivity contribution in [3.05, 3.63) is 57.5 Å². The van der Waals surface area contributed by atoms with Gasteiger partial charge in [0.1, 0.15) is 5.75 Å². The molecule has 3 heterocycles. The molecule has 2 aromatic heterocycles. The van der Waals surface area contributed by atoms with Gasteiger partial charge in [-0.15, -0.1) is 0 Å². The number of pyridine rings is 1. The summed E-state index contributed by atoms with van der Waals surface area (Å²) in [4.78, 5) is 39.7. The lowest BCUT2D eigenvalue weighted by atomic mass is 9.79. The Bertz CT molecular complexity index is 1220. The summed E-state index contributed by atoms with van der Waals surface area (Å²) in [6.07, 6.45) is 2.25. The van der Waals surface area contributed by atoms with Gasteiger partial charge in [-0.05, 0) is 29.5 Å². The summed E-state index contributed by atoms with van der Waals surface area (Å²) in [5.41, 5.74) is 1.81. The lowest BCUT2D eigenvalue weighted by molar-refractivity contribution is 0.0398. The fraction of sp³-hybridized carbons (Fsp3) is 0.391. The third-order valence-corrected chi connectivity index (χ3v) is 6.23. The van der Waals surface area contributed by atoms with E-state index in [1.807, 2.05) is 12.1 Å². The van der Waals surface area contributed by atoms with Crippen LogP contribution in [-0.4, -0.2) is 70.1 Å². The number of ether oxygens (including phenoxy) is 1. The SMILES string of the molecule is O=C1CC(c2ccccc2O)Cc2c1cnc1nc(NCCN3CCOCC3)[nH]c(=O)c21. The van der Waals surface area contributed by atoms with Gasteiger partial charge < -0.3 is 15.2 Å². The van der Waals surface area contributed by atoms with Crippen LogP contribution in [0.4, 0.5) is 5.95 Å². The zero-order valence-electron chi connectivity index (χ0n) is 17.6. The van der Waals surface area contributed by atoms with Crippen molar-refractivity contribution in [2.45, 2.75) is 18.8 Å². The van der Waals surface area contributed by atoms with Gasteiger partial charge in [0.2, 0.25) is 5.95 Å². The molecular weight excluding hydrogens is 410 g/mol. The molecular formula is C23H25N5O4. The van der Waals surface area contributed by atoms with Crippen molar-refractivity contribution in [3.63, 3.8) is 0 Å². The maximum atomic E-state index is 13.0. The second kappa shape index (κ2) is 8.68. The van der Waals surface area contributed by atoms with Crippen molar-refractivity contribution in [2.75, 3.05) is 44.7 Å². The molecule has 0 spiro atoms. The number of benzene rings is 1. The number of carbonyl (C=O) groups excluding carboxylic acids is 1. The number of phenolic OH excluding ortho intramolecular Hbond substituents is 1. The number of hydrogen-bond donors (Lipinski definition) is 3. The van der Waals surface area contributed by atoms with Gasteiger partial charge in [0, 0.05) is 44.4 Å². The van der Waals surface area contributed by atoms with Gasteiger partial charge in [0.15, 0.2) is 11.4 Å². The van der Waals surface area contributed by atoms with Crippen LogP contribution in [0.1, 0.15) is 33.8 Å². The standard InChI is InChI=1S/C23H25N5O4/c29-18-4-2-1-3-15(18)14-11-16-17(19(30)12-14)13-25-21-20(16)22(31)27-23(26-21)24-5-6-28-7-9-32-10-8-28/h1-4,13-14,29H,5-12H2,(H2,24,25,26,27,31). The Morgan fingerprint density at radius 2 is 2.00 bits per heavy atom. The highest BCUT2D eigenvalue weighted by Gasteiger charge is 2.30. The van der Waals surface area contributed by atoms with Gasteiger partial charge in [-0.1, -0.05) is 18.2 Å². The highest BCUT2D eigenvalue weighted by Crippen LogP contribution is 2.37. The van der Waals surface area contributed by atoms with Crippen LogP contribution in [0, 0.1) is 0 Å². The predicted molar refractivity (Wildman–Crippen MR) is 119 cm³/mol. The van der Waals surface area contributed by atoms with Crippen LogP contribution in [0.15, 0.2) is 35.3 Å². The number of nitrogens with one attached hydrogen (secondary N) is 2. The number of rotatable bonds is 5. The lowest BCUT2D eigenvalue weighted by Crippen LogP contribution is -2.39. The average Bonchev–Trinajstić information content (AvgIpc) is 2.79. The maximum Gasteiger partial charge on any atom is 0.262 e. The van der Waals surface area contributed by atoms with E-state index in [0.29, 0.717) is 46.6 Å². The van der Waals surface area contributed by atoms with E-state index in [1.165, 1.54) is 6.20 Å². The molecule has 9 nitrogen and oxygen atoms in total. The molecule has 9 heteroatoms. The first-order chi connectivity index (χ1) is 15.6. The van der Waals surface area contributed by atoms with Crippen molar-refractivity contribution in [3.8, 4) is 5.75 Å². The molecule has 1 atom stereocenters. The Morgan fingerprint density at radius 1 is 1.19 bits per heavy atom. The van der Waals surface area contributed by atoms with E-state index in [-0.39, 0.29) is 29.4 Å². The Balaban J connectivity index is 1.42. The monoisotopic (exact) mass is 435 g/mol. The van der Waals surface area contributed by atoms with Gasteiger partial charge in [-0.2, -0.15) is 4.98 Å². The van der Waals surface area contributed by atoms with Crippen LogP contribution in [0.5, 0.6) is 5.75 Å². The fourth-order valence-electron chi connectivity index (χ4n) is 4.56. The van der Waals surface area contributed by atoms with E-state index in [4.69, 9.17) is 4.74 Å². The zero-order valence-corrected chi connectivity index (χ0v) is 17.6. The topological polar surface area (TPSA) is 120 Å². The van der Waals surface area contributed by atoms with Crippen LogP contribution in [0.25, 0.3) is 11.0 Å². The van der Waals surface area contributed by atoms with Crippen molar-refractivity contribution in [1.82, 2.24) is 19.9 Å². The molecule has 1 aromatic carbocycles. The van der Waals surface area contributed by atoms with Gasteiger partial charge in [-0.25, -0.2) is 4.98 Å². The second-order valence-electron chi connectivity index (χ2n) is 8.23. The first kappa shape index (κ1) is 20.6. The van der Waals surface area contributed by atoms with Crippen molar-refractivity contribution in [2.24, 2.45) is 0 Å². The Kier molecular flexibility index (Phi) is 5.59. The third-order valence-electron chi connectivity index (χ3n) is 6.23. The molecule has 166 valence electrons. The fourth-order valence-corrected chi connectivity index (χ4v) is 4.56. The number of hydrogen-bond acceptors (Lipinski definition) is 8. The smallest absolute Gasteiger partial charge is 0.262 e. The number of carbonyl (C=O) groups is 1. The minimum atomic E-state index is -0.320. The number of nitrogens with zero attached hydrogens (tertiary/aromatic N) is 3. The number of para-hydroxylation sites is 1. The molecule has 1 saturated heterocycles. The van der Waals surface area contributed by atoms with E-state index in [9.17, 15) is 14.7 Å². The maximum absolute atomic E-state index is 13.0. The number of Topliss-reactive ketones (excluding diaryl/α,β-unsaturated/α-hetero) is 1. The summed E-state index contributed by atoms with van der Waals surface area (Å²) in [7, 11) is 0. The molecule has 3 aromatic rings. The number of fused-ring (bicyclic) bond motifs is 3. The number of anilines is 1. The van der Waals surface area contributed by atoms with Gasteiger partial charge in [-0.3, -0.25) is 19.5 Å². The van der Waals surface area contributed by atoms with E-state index in [1.54, 1.807) is 12.1 Å². The number of morpholine rings is 1. The van der Waals surface area contributed by atoms with Crippen molar-refractivity contribution in [1.29, 1.82) is 0 Å². The Labute approximate surface area is 184 Å². The number of H-pyrrole nitrogens is 1. The molecule has 3 N–H and O–H groups in total. The molecule has 0 amide bonds. The van der Waals surface area contributed by atoms with Crippen molar-refractivity contribution >= 4 is 22.8 Å². The number of aromatic hydroxyl groups is 1. The minimum absolute atomic E-state index is 0.0824. The molecule has 2 aliphatic rings. The molecule has 0 bridgehead atoms. The van der Waals surface area contributed by atoms with Crippen molar-refractivity contribution < 1.29 is 14.6 Å². The quantitative estimate of drug-likeness (QED) is 0.554. The van der Waals surface area contributed by atoms with Crippen LogP contribution >= 0.6 is 0 Å². The van der Waals surface area contributed by atoms with Gasteiger partial charge in [0.05, 0.1) is 18.6 Å². The number of aromatic amines is 1. The van der Waals surface area contributed by atoms with E-state index < -0.39 is 0 Å².